The maximum absolute atomic E-state index is 6.29. The van der Waals surface area contributed by atoms with Crippen LogP contribution in [0.2, 0.25) is 5.02 Å². The van der Waals surface area contributed by atoms with Crippen LogP contribution >= 0.6 is 11.6 Å². The number of nitrogens with one attached hydrogen (secondary N) is 1. The quantitative estimate of drug-likeness (QED) is 0.902. The summed E-state index contributed by atoms with van der Waals surface area (Å²) in [5.74, 6) is 0.887. The van der Waals surface area contributed by atoms with Gasteiger partial charge in [-0.1, -0.05) is 17.7 Å². The number of aromatic nitrogens is 1. The van der Waals surface area contributed by atoms with Crippen LogP contribution in [0.3, 0.4) is 0 Å². The molecule has 1 unspecified atom stereocenters. The van der Waals surface area contributed by atoms with Crippen molar-refractivity contribution in [1.82, 2.24) is 15.2 Å². The second-order valence-corrected chi connectivity index (χ2v) is 6.50. The number of rotatable bonds is 5. The minimum atomic E-state index is 0.202. The molecule has 0 bridgehead atoms. The first-order valence-corrected chi connectivity index (χ1v) is 8.84. The molecule has 128 valence electrons. The predicted octanol–water partition coefficient (Wildman–Crippen LogP) is 3.32. The lowest BCUT2D eigenvalue weighted by Crippen LogP contribution is -2.34. The first-order chi connectivity index (χ1) is 11.8. The largest absolute Gasteiger partial charge is 0.496 e. The smallest absolute Gasteiger partial charge is 0.123 e. The molecule has 1 atom stereocenters. The van der Waals surface area contributed by atoms with Crippen LogP contribution in [0.25, 0.3) is 0 Å². The minimum Gasteiger partial charge on any atom is -0.496 e. The molecule has 5 heteroatoms. The summed E-state index contributed by atoms with van der Waals surface area (Å²) >= 11 is 6.29. The number of hydrogen-bond acceptors (Lipinski definition) is 4. The summed E-state index contributed by atoms with van der Waals surface area (Å²) in [5, 5.41) is 4.21. The van der Waals surface area contributed by atoms with Crippen molar-refractivity contribution in [2.45, 2.75) is 18.9 Å². The fraction of sp³-hybridized carbons (Fsp3) is 0.421. The van der Waals surface area contributed by atoms with Crippen LogP contribution < -0.4 is 10.1 Å². The van der Waals surface area contributed by atoms with Crippen molar-refractivity contribution in [2.24, 2.45) is 0 Å². The Morgan fingerprint density at radius 3 is 2.96 bits per heavy atom. The van der Waals surface area contributed by atoms with E-state index in [-0.39, 0.29) is 6.04 Å². The number of halogens is 1. The van der Waals surface area contributed by atoms with Gasteiger partial charge in [-0.15, -0.1) is 0 Å². The Hall–Kier alpha value is -1.62. The summed E-state index contributed by atoms with van der Waals surface area (Å²) in [6.07, 6.45) is 3.84. The number of ether oxygens (including phenoxy) is 1. The number of pyridine rings is 1. The summed E-state index contributed by atoms with van der Waals surface area (Å²) in [6.45, 7) is 4.13. The molecule has 0 aliphatic carbocycles. The van der Waals surface area contributed by atoms with Crippen LogP contribution in [0, 0.1) is 0 Å². The van der Waals surface area contributed by atoms with Gasteiger partial charge < -0.3 is 10.1 Å². The molecule has 0 spiro atoms. The maximum atomic E-state index is 6.29. The molecule has 1 N–H and O–H groups in total. The van der Waals surface area contributed by atoms with E-state index in [4.69, 9.17) is 16.3 Å². The van der Waals surface area contributed by atoms with E-state index in [0.29, 0.717) is 0 Å². The Balaban J connectivity index is 1.96. The summed E-state index contributed by atoms with van der Waals surface area (Å²) in [6, 6.07) is 12.2. The van der Waals surface area contributed by atoms with E-state index in [1.54, 1.807) is 7.11 Å². The number of benzene rings is 1. The molecule has 0 saturated carbocycles. The molecule has 2 aromatic rings. The van der Waals surface area contributed by atoms with Gasteiger partial charge in [0.05, 0.1) is 7.11 Å². The highest BCUT2D eigenvalue weighted by Gasteiger charge is 2.25. The zero-order chi connectivity index (χ0) is 16.8. The van der Waals surface area contributed by atoms with E-state index in [1.807, 2.05) is 36.5 Å². The van der Waals surface area contributed by atoms with Crippen molar-refractivity contribution in [2.75, 3.05) is 33.3 Å². The van der Waals surface area contributed by atoms with Gasteiger partial charge in [-0.2, -0.15) is 0 Å². The first kappa shape index (κ1) is 17.2. The molecular weight excluding hydrogens is 322 g/mol. The van der Waals surface area contributed by atoms with Crippen LogP contribution in [0.5, 0.6) is 5.75 Å². The fourth-order valence-electron chi connectivity index (χ4n) is 3.30. The second kappa shape index (κ2) is 8.47. The van der Waals surface area contributed by atoms with Crippen LogP contribution in [-0.2, 0) is 6.42 Å². The zero-order valence-electron chi connectivity index (χ0n) is 14.0. The third-order valence-electron chi connectivity index (χ3n) is 4.49. The van der Waals surface area contributed by atoms with Crippen LogP contribution in [0.15, 0.2) is 42.6 Å². The van der Waals surface area contributed by atoms with Crippen LogP contribution in [-0.4, -0.2) is 43.2 Å². The second-order valence-electron chi connectivity index (χ2n) is 6.07. The Kier molecular flexibility index (Phi) is 6.07. The van der Waals surface area contributed by atoms with Gasteiger partial charge in [0.2, 0.25) is 0 Å². The van der Waals surface area contributed by atoms with Crippen LogP contribution in [0.1, 0.15) is 23.7 Å². The summed E-state index contributed by atoms with van der Waals surface area (Å²) in [7, 11) is 1.72. The van der Waals surface area contributed by atoms with E-state index < -0.39 is 0 Å². The van der Waals surface area contributed by atoms with Gasteiger partial charge in [-0.05, 0) is 43.3 Å². The average molecular weight is 346 g/mol. The third kappa shape index (κ3) is 4.26. The van der Waals surface area contributed by atoms with Crippen molar-refractivity contribution in [1.29, 1.82) is 0 Å². The predicted molar refractivity (Wildman–Crippen MR) is 97.7 cm³/mol. The first-order valence-electron chi connectivity index (χ1n) is 8.46. The molecule has 4 nitrogen and oxygen atoms in total. The van der Waals surface area contributed by atoms with Crippen molar-refractivity contribution in [3.8, 4) is 5.75 Å². The summed E-state index contributed by atoms with van der Waals surface area (Å²) < 4.78 is 5.62. The van der Waals surface area contributed by atoms with Gasteiger partial charge >= 0.3 is 0 Å². The van der Waals surface area contributed by atoms with Crippen molar-refractivity contribution < 1.29 is 4.74 Å². The Morgan fingerprint density at radius 1 is 1.25 bits per heavy atom. The highest BCUT2D eigenvalue weighted by molar-refractivity contribution is 6.30. The molecule has 1 aliphatic heterocycles. The Morgan fingerprint density at radius 2 is 2.17 bits per heavy atom. The van der Waals surface area contributed by atoms with Crippen LogP contribution in [0.4, 0.5) is 0 Å². The van der Waals surface area contributed by atoms with E-state index >= 15 is 0 Å². The van der Waals surface area contributed by atoms with Gasteiger partial charge in [-0.25, -0.2) is 0 Å². The number of hydrogen-bond donors (Lipinski definition) is 1. The van der Waals surface area contributed by atoms with Crippen molar-refractivity contribution in [3.63, 3.8) is 0 Å². The van der Waals surface area contributed by atoms with Crippen molar-refractivity contribution in [3.05, 3.63) is 58.9 Å². The average Bonchev–Trinajstić information content (AvgIpc) is 2.90. The highest BCUT2D eigenvalue weighted by Crippen LogP contribution is 2.34. The van der Waals surface area contributed by atoms with Crippen molar-refractivity contribution >= 4 is 11.6 Å². The van der Waals surface area contributed by atoms with E-state index in [9.17, 15) is 0 Å². The lowest BCUT2D eigenvalue weighted by atomic mass is 9.98. The number of methoxy groups -OCH3 is 1. The molecule has 2 heterocycles. The lowest BCUT2D eigenvalue weighted by Gasteiger charge is -2.31. The third-order valence-corrected chi connectivity index (χ3v) is 4.73. The minimum absolute atomic E-state index is 0.202. The molecule has 1 aliphatic rings. The van der Waals surface area contributed by atoms with E-state index in [0.717, 1.165) is 61.1 Å². The highest BCUT2D eigenvalue weighted by atomic mass is 35.5. The Labute approximate surface area is 148 Å². The molecule has 1 aromatic heterocycles. The molecule has 1 saturated heterocycles. The van der Waals surface area contributed by atoms with Gasteiger partial charge in [0.15, 0.2) is 0 Å². The molecule has 3 rings (SSSR count). The maximum Gasteiger partial charge on any atom is 0.123 e. The Bertz CT molecular complexity index is 642. The molecule has 24 heavy (non-hydrogen) atoms. The summed E-state index contributed by atoms with van der Waals surface area (Å²) in [5.41, 5.74) is 2.22. The normalized spacial score (nSPS) is 17.2. The molecule has 1 aromatic carbocycles. The van der Waals surface area contributed by atoms with Gasteiger partial charge in [0, 0.05) is 54.6 Å². The van der Waals surface area contributed by atoms with E-state index in [2.05, 4.69) is 21.3 Å². The fourth-order valence-corrected chi connectivity index (χ4v) is 3.48. The van der Waals surface area contributed by atoms with Gasteiger partial charge in [0.25, 0.3) is 0 Å². The summed E-state index contributed by atoms with van der Waals surface area (Å²) in [4.78, 5) is 7.04. The zero-order valence-corrected chi connectivity index (χ0v) is 14.8. The lowest BCUT2D eigenvalue weighted by molar-refractivity contribution is 0.204. The van der Waals surface area contributed by atoms with Gasteiger partial charge in [-0.3, -0.25) is 9.88 Å². The molecular formula is C19H24ClN3O. The standard InChI is InChI=1S/C19H24ClN3O/c1-24-19-7-6-15(20)13-17(19)18(14-16-5-2-3-9-22-16)23-11-4-8-21-10-12-23/h2-3,5-7,9,13,18,21H,4,8,10-12,14H2,1H3. The molecule has 1 fully saturated rings. The molecule has 0 amide bonds. The van der Waals surface area contributed by atoms with E-state index in [1.165, 1.54) is 0 Å². The SMILES string of the molecule is COc1ccc(Cl)cc1C(Cc1ccccn1)N1CCCNCC1. The topological polar surface area (TPSA) is 37.4 Å². The molecule has 0 radical (unpaired) electrons. The van der Waals surface area contributed by atoms with Gasteiger partial charge in [0.1, 0.15) is 5.75 Å². The number of nitrogens with zero attached hydrogens (tertiary/aromatic N) is 2. The monoisotopic (exact) mass is 345 g/mol.